The largest absolute Gasteiger partial charge is 0.358 e. The van der Waals surface area contributed by atoms with Crippen molar-refractivity contribution in [3.8, 4) is 0 Å². The van der Waals surface area contributed by atoms with Crippen LogP contribution in [0.1, 0.15) is 16.8 Å². The lowest BCUT2D eigenvalue weighted by Gasteiger charge is -2.10. The molecule has 3 aromatic rings. The van der Waals surface area contributed by atoms with Gasteiger partial charge in [-0.1, -0.05) is 35.9 Å². The number of hydrogen-bond donors (Lipinski definition) is 1. The summed E-state index contributed by atoms with van der Waals surface area (Å²) in [4.78, 5) is 7.21. The summed E-state index contributed by atoms with van der Waals surface area (Å²) in [5, 5.41) is 1.36. The fraction of sp³-hybridized carbons (Fsp3) is 0.300. The molecule has 1 heterocycles. The van der Waals surface area contributed by atoms with E-state index in [1.807, 2.05) is 11.8 Å². The van der Waals surface area contributed by atoms with Gasteiger partial charge in [0.1, 0.15) is 0 Å². The van der Waals surface area contributed by atoms with Crippen LogP contribution in [0, 0.1) is 6.92 Å². The van der Waals surface area contributed by atoms with Crippen LogP contribution in [0.4, 0.5) is 0 Å². The van der Waals surface area contributed by atoms with Gasteiger partial charge in [0.25, 0.3) is 0 Å². The predicted molar refractivity (Wildman–Crippen MR) is 101 cm³/mol. The van der Waals surface area contributed by atoms with E-state index in [-0.39, 0.29) is 0 Å². The molecule has 0 fully saturated rings. The molecular formula is C20H24N2S. The highest BCUT2D eigenvalue weighted by Gasteiger charge is 2.11. The highest BCUT2D eigenvalue weighted by molar-refractivity contribution is 7.98. The summed E-state index contributed by atoms with van der Waals surface area (Å²) in [6, 6.07) is 17.4. The molecule has 0 amide bonds. The van der Waals surface area contributed by atoms with E-state index in [4.69, 9.17) is 0 Å². The van der Waals surface area contributed by atoms with Gasteiger partial charge in [-0.3, -0.25) is 0 Å². The van der Waals surface area contributed by atoms with Crippen molar-refractivity contribution >= 4 is 22.7 Å². The van der Waals surface area contributed by atoms with E-state index >= 15 is 0 Å². The normalized spacial score (nSPS) is 11.5. The van der Waals surface area contributed by atoms with Gasteiger partial charge in [0, 0.05) is 40.2 Å². The first-order valence-corrected chi connectivity index (χ1v) is 9.04. The average molecular weight is 324 g/mol. The number of thioether (sulfide) groups is 1. The van der Waals surface area contributed by atoms with E-state index in [0.29, 0.717) is 0 Å². The van der Waals surface area contributed by atoms with E-state index in [1.165, 1.54) is 32.6 Å². The number of aromatic amines is 1. The SMILES string of the molecule is Cc1cccc(SCc2c(CCN(C)C)[nH]c3ccccc23)c1. The second kappa shape index (κ2) is 7.24. The Balaban J connectivity index is 1.86. The monoisotopic (exact) mass is 324 g/mol. The van der Waals surface area contributed by atoms with Crippen LogP contribution in [0.15, 0.2) is 53.4 Å². The number of nitrogens with one attached hydrogen (secondary N) is 1. The number of likely N-dealkylation sites (N-methyl/N-ethyl adjacent to an activating group) is 1. The Morgan fingerprint density at radius 3 is 2.65 bits per heavy atom. The van der Waals surface area contributed by atoms with Gasteiger partial charge >= 0.3 is 0 Å². The van der Waals surface area contributed by atoms with E-state index < -0.39 is 0 Å². The molecule has 0 bridgehead atoms. The molecule has 0 atom stereocenters. The third-order valence-corrected chi connectivity index (χ3v) is 5.10. The summed E-state index contributed by atoms with van der Waals surface area (Å²) in [6.07, 6.45) is 1.06. The first-order chi connectivity index (χ1) is 11.1. The van der Waals surface area contributed by atoms with E-state index in [9.17, 15) is 0 Å². The Morgan fingerprint density at radius 2 is 1.87 bits per heavy atom. The quantitative estimate of drug-likeness (QED) is 0.652. The van der Waals surface area contributed by atoms with Gasteiger partial charge < -0.3 is 9.88 Å². The number of rotatable bonds is 6. The second-order valence-corrected chi connectivity index (χ2v) is 7.33. The third-order valence-electron chi connectivity index (χ3n) is 4.08. The molecule has 3 heteroatoms. The summed E-state index contributed by atoms with van der Waals surface area (Å²) in [5.74, 6) is 1.01. The summed E-state index contributed by atoms with van der Waals surface area (Å²) >= 11 is 1.92. The maximum Gasteiger partial charge on any atom is 0.0459 e. The van der Waals surface area contributed by atoms with Crippen molar-refractivity contribution in [3.63, 3.8) is 0 Å². The molecule has 1 N–H and O–H groups in total. The van der Waals surface area contributed by atoms with Crippen LogP contribution < -0.4 is 0 Å². The second-order valence-electron chi connectivity index (χ2n) is 6.29. The maximum atomic E-state index is 3.63. The Labute approximate surface area is 142 Å². The highest BCUT2D eigenvalue weighted by Crippen LogP contribution is 2.30. The molecule has 3 rings (SSSR count). The van der Waals surface area contributed by atoms with Gasteiger partial charge in [-0.25, -0.2) is 0 Å². The molecule has 1 aromatic heterocycles. The first-order valence-electron chi connectivity index (χ1n) is 8.06. The Morgan fingerprint density at radius 1 is 1.04 bits per heavy atom. The molecule has 120 valence electrons. The Hall–Kier alpha value is -1.71. The summed E-state index contributed by atoms with van der Waals surface area (Å²) in [7, 11) is 4.26. The third kappa shape index (κ3) is 3.98. The van der Waals surface area contributed by atoms with E-state index in [2.05, 4.69) is 79.4 Å². The Bertz CT molecular complexity index is 789. The van der Waals surface area contributed by atoms with Crippen molar-refractivity contribution in [2.75, 3.05) is 20.6 Å². The average Bonchev–Trinajstić information content (AvgIpc) is 2.89. The van der Waals surface area contributed by atoms with Crippen LogP contribution in [-0.2, 0) is 12.2 Å². The molecule has 0 radical (unpaired) electrons. The molecule has 2 nitrogen and oxygen atoms in total. The summed E-state index contributed by atoms with van der Waals surface area (Å²) in [6.45, 7) is 3.22. The lowest BCUT2D eigenvalue weighted by Crippen LogP contribution is -2.15. The van der Waals surface area contributed by atoms with Gasteiger partial charge in [0.05, 0.1) is 0 Å². The lowest BCUT2D eigenvalue weighted by molar-refractivity contribution is 0.412. The van der Waals surface area contributed by atoms with Crippen molar-refractivity contribution < 1.29 is 0 Å². The van der Waals surface area contributed by atoms with Crippen LogP contribution in [0.5, 0.6) is 0 Å². The molecule has 0 saturated carbocycles. The molecule has 23 heavy (non-hydrogen) atoms. The number of aromatic nitrogens is 1. The van der Waals surface area contributed by atoms with Gasteiger partial charge in [-0.2, -0.15) is 0 Å². The van der Waals surface area contributed by atoms with E-state index in [1.54, 1.807) is 0 Å². The fourth-order valence-electron chi connectivity index (χ4n) is 2.83. The minimum absolute atomic E-state index is 1.01. The van der Waals surface area contributed by atoms with Gasteiger partial charge in [-0.15, -0.1) is 11.8 Å². The van der Waals surface area contributed by atoms with Crippen molar-refractivity contribution in [1.29, 1.82) is 0 Å². The molecule has 0 spiro atoms. The zero-order valence-corrected chi connectivity index (χ0v) is 14.9. The molecule has 0 unspecified atom stereocenters. The number of fused-ring (bicyclic) bond motifs is 1. The zero-order chi connectivity index (χ0) is 16.2. The van der Waals surface area contributed by atoms with Crippen molar-refractivity contribution in [2.45, 2.75) is 24.0 Å². The number of H-pyrrole nitrogens is 1. The molecule has 0 aliphatic carbocycles. The van der Waals surface area contributed by atoms with Crippen molar-refractivity contribution in [2.24, 2.45) is 0 Å². The molecule has 0 saturated heterocycles. The summed E-state index contributed by atoms with van der Waals surface area (Å²) in [5.41, 5.74) is 5.40. The number of nitrogens with zero attached hydrogens (tertiary/aromatic N) is 1. The predicted octanol–water partition coefficient (Wildman–Crippen LogP) is 4.87. The topological polar surface area (TPSA) is 19.0 Å². The molecule has 2 aromatic carbocycles. The zero-order valence-electron chi connectivity index (χ0n) is 14.1. The summed E-state index contributed by atoms with van der Waals surface area (Å²) < 4.78 is 0. The van der Waals surface area contributed by atoms with Crippen molar-refractivity contribution in [1.82, 2.24) is 9.88 Å². The van der Waals surface area contributed by atoms with Crippen LogP contribution in [0.3, 0.4) is 0 Å². The number of hydrogen-bond acceptors (Lipinski definition) is 2. The van der Waals surface area contributed by atoms with Crippen LogP contribution in [0.2, 0.25) is 0 Å². The minimum Gasteiger partial charge on any atom is -0.358 e. The molecule has 0 aliphatic rings. The maximum absolute atomic E-state index is 3.63. The number of benzene rings is 2. The van der Waals surface area contributed by atoms with Crippen molar-refractivity contribution in [3.05, 3.63) is 65.4 Å². The highest BCUT2D eigenvalue weighted by atomic mass is 32.2. The Kier molecular flexibility index (Phi) is 5.09. The molecular weight excluding hydrogens is 300 g/mol. The van der Waals surface area contributed by atoms with Crippen LogP contribution in [-0.4, -0.2) is 30.5 Å². The van der Waals surface area contributed by atoms with Gasteiger partial charge in [-0.05, 0) is 44.8 Å². The van der Waals surface area contributed by atoms with Gasteiger partial charge in [0.15, 0.2) is 0 Å². The minimum atomic E-state index is 1.01. The lowest BCUT2D eigenvalue weighted by atomic mass is 10.1. The molecule has 0 aliphatic heterocycles. The van der Waals surface area contributed by atoms with Crippen LogP contribution in [0.25, 0.3) is 10.9 Å². The van der Waals surface area contributed by atoms with Gasteiger partial charge in [0.2, 0.25) is 0 Å². The standard InChI is InChI=1S/C20H24N2S/c1-15-7-6-8-16(13-15)23-14-18-17-9-4-5-10-19(17)21-20(18)11-12-22(2)3/h4-10,13,21H,11-12,14H2,1-3H3. The fourth-order valence-corrected chi connectivity index (χ4v) is 3.91. The van der Waals surface area contributed by atoms with E-state index in [0.717, 1.165) is 18.7 Å². The number of aryl methyl sites for hydroxylation is 1. The first kappa shape index (κ1) is 16.2. The number of para-hydroxylation sites is 1. The van der Waals surface area contributed by atoms with Crippen LogP contribution >= 0.6 is 11.8 Å². The smallest absolute Gasteiger partial charge is 0.0459 e.